The van der Waals surface area contributed by atoms with Crippen LogP contribution in [-0.4, -0.2) is 23.9 Å². The minimum Gasteiger partial charge on any atom is -0.351 e. The SMILES string of the molecule is CC[C@H](NC(=O)[C@H](C)NC(C)=O)C(C)C. The number of rotatable bonds is 5. The maximum Gasteiger partial charge on any atom is 0.242 e. The van der Waals surface area contributed by atoms with Gasteiger partial charge in [-0.25, -0.2) is 0 Å². The van der Waals surface area contributed by atoms with Crippen LogP contribution in [0.5, 0.6) is 0 Å². The van der Waals surface area contributed by atoms with E-state index in [1.807, 2.05) is 6.92 Å². The van der Waals surface area contributed by atoms with Gasteiger partial charge in [0.25, 0.3) is 0 Å². The van der Waals surface area contributed by atoms with E-state index in [9.17, 15) is 9.59 Å². The van der Waals surface area contributed by atoms with Crippen molar-refractivity contribution in [3.05, 3.63) is 0 Å². The van der Waals surface area contributed by atoms with Gasteiger partial charge in [-0.2, -0.15) is 0 Å². The third kappa shape index (κ3) is 5.40. The lowest BCUT2D eigenvalue weighted by Gasteiger charge is -2.23. The summed E-state index contributed by atoms with van der Waals surface area (Å²) in [5, 5.41) is 5.48. The average molecular weight is 214 g/mol. The van der Waals surface area contributed by atoms with E-state index in [1.165, 1.54) is 6.92 Å². The second-order valence-electron chi connectivity index (χ2n) is 4.19. The standard InChI is InChI=1S/C11H22N2O2/c1-6-10(7(2)3)13-11(15)8(4)12-9(5)14/h7-8,10H,6H2,1-5H3,(H,12,14)(H,13,15)/t8-,10-/m0/s1. The van der Waals surface area contributed by atoms with Gasteiger partial charge in [-0.3, -0.25) is 9.59 Å². The predicted molar refractivity (Wildman–Crippen MR) is 60.3 cm³/mol. The molecule has 2 atom stereocenters. The Balaban J connectivity index is 4.15. The topological polar surface area (TPSA) is 58.2 Å². The molecule has 88 valence electrons. The highest BCUT2D eigenvalue weighted by Gasteiger charge is 2.18. The van der Waals surface area contributed by atoms with Crippen LogP contribution in [-0.2, 0) is 9.59 Å². The smallest absolute Gasteiger partial charge is 0.242 e. The zero-order chi connectivity index (χ0) is 12.0. The Morgan fingerprint density at radius 2 is 1.67 bits per heavy atom. The quantitative estimate of drug-likeness (QED) is 0.719. The van der Waals surface area contributed by atoms with Crippen molar-refractivity contribution in [2.75, 3.05) is 0 Å². The van der Waals surface area contributed by atoms with Gasteiger partial charge in [0.15, 0.2) is 0 Å². The van der Waals surface area contributed by atoms with Gasteiger partial charge in [0.05, 0.1) is 0 Å². The molecule has 0 fully saturated rings. The normalized spacial score (nSPS) is 14.5. The first-order valence-electron chi connectivity index (χ1n) is 5.46. The van der Waals surface area contributed by atoms with Crippen molar-refractivity contribution in [1.82, 2.24) is 10.6 Å². The van der Waals surface area contributed by atoms with Gasteiger partial charge in [-0.1, -0.05) is 20.8 Å². The Labute approximate surface area is 91.8 Å². The van der Waals surface area contributed by atoms with Crippen molar-refractivity contribution in [1.29, 1.82) is 0 Å². The van der Waals surface area contributed by atoms with Gasteiger partial charge >= 0.3 is 0 Å². The number of carbonyl (C=O) groups excluding carboxylic acids is 2. The molecule has 0 rings (SSSR count). The number of nitrogens with one attached hydrogen (secondary N) is 2. The molecule has 0 aliphatic carbocycles. The first kappa shape index (κ1) is 13.9. The summed E-state index contributed by atoms with van der Waals surface area (Å²) in [6.45, 7) is 9.26. The Kier molecular flexibility index (Phi) is 5.97. The van der Waals surface area contributed by atoms with Gasteiger partial charge in [-0.05, 0) is 19.3 Å². The zero-order valence-electron chi connectivity index (χ0n) is 10.3. The summed E-state index contributed by atoms with van der Waals surface area (Å²) < 4.78 is 0. The van der Waals surface area contributed by atoms with Crippen LogP contribution in [0.25, 0.3) is 0 Å². The molecule has 15 heavy (non-hydrogen) atoms. The molecule has 4 heteroatoms. The molecular weight excluding hydrogens is 192 g/mol. The molecule has 0 aromatic rings. The molecule has 0 aromatic carbocycles. The molecule has 0 unspecified atom stereocenters. The van der Waals surface area contributed by atoms with Gasteiger partial charge in [0.1, 0.15) is 6.04 Å². The van der Waals surface area contributed by atoms with Crippen molar-refractivity contribution < 1.29 is 9.59 Å². The fraction of sp³-hybridized carbons (Fsp3) is 0.818. The predicted octanol–water partition coefficient (Wildman–Crippen LogP) is 1.06. The van der Waals surface area contributed by atoms with Crippen molar-refractivity contribution in [3.63, 3.8) is 0 Å². The summed E-state index contributed by atoms with van der Waals surface area (Å²) in [6, 6.07) is -0.288. The van der Waals surface area contributed by atoms with Crippen molar-refractivity contribution in [3.8, 4) is 0 Å². The number of hydrogen-bond acceptors (Lipinski definition) is 2. The first-order chi connectivity index (χ1) is 6.88. The van der Waals surface area contributed by atoms with Crippen LogP contribution in [0.2, 0.25) is 0 Å². The summed E-state index contributed by atoms with van der Waals surface area (Å²) in [4.78, 5) is 22.4. The van der Waals surface area contributed by atoms with E-state index in [2.05, 4.69) is 24.5 Å². The molecule has 0 saturated carbocycles. The van der Waals surface area contributed by atoms with Crippen LogP contribution in [0.3, 0.4) is 0 Å². The second-order valence-corrected chi connectivity index (χ2v) is 4.19. The highest BCUT2D eigenvalue weighted by atomic mass is 16.2. The average Bonchev–Trinajstić information content (AvgIpc) is 2.11. The minimum absolute atomic E-state index is 0.120. The van der Waals surface area contributed by atoms with Crippen molar-refractivity contribution >= 4 is 11.8 Å². The summed E-state index contributed by atoms with van der Waals surface area (Å²) >= 11 is 0. The Morgan fingerprint density at radius 1 is 1.13 bits per heavy atom. The molecule has 0 aliphatic rings. The summed E-state index contributed by atoms with van der Waals surface area (Å²) in [5.41, 5.74) is 0. The molecule has 0 spiro atoms. The van der Waals surface area contributed by atoms with Gasteiger partial charge < -0.3 is 10.6 Å². The Hall–Kier alpha value is -1.06. The van der Waals surface area contributed by atoms with E-state index < -0.39 is 6.04 Å². The molecule has 0 bridgehead atoms. The Morgan fingerprint density at radius 3 is 2.00 bits per heavy atom. The number of hydrogen-bond donors (Lipinski definition) is 2. The molecule has 0 aromatic heterocycles. The Bertz CT molecular complexity index is 227. The molecule has 4 nitrogen and oxygen atoms in total. The van der Waals surface area contributed by atoms with Crippen molar-refractivity contribution in [2.45, 2.75) is 53.1 Å². The fourth-order valence-electron chi connectivity index (χ4n) is 1.42. The van der Waals surface area contributed by atoms with Crippen LogP contribution in [0.15, 0.2) is 0 Å². The number of amides is 2. The lowest BCUT2D eigenvalue weighted by molar-refractivity contribution is -0.128. The van der Waals surface area contributed by atoms with Crippen LogP contribution < -0.4 is 10.6 Å². The van der Waals surface area contributed by atoms with E-state index >= 15 is 0 Å². The molecular formula is C11H22N2O2. The van der Waals surface area contributed by atoms with Gasteiger partial charge in [-0.15, -0.1) is 0 Å². The first-order valence-corrected chi connectivity index (χ1v) is 5.46. The third-order valence-electron chi connectivity index (χ3n) is 2.39. The summed E-state index contributed by atoms with van der Waals surface area (Å²) in [7, 11) is 0. The fourth-order valence-corrected chi connectivity index (χ4v) is 1.42. The van der Waals surface area contributed by atoms with Gasteiger partial charge in [0.2, 0.25) is 11.8 Å². The van der Waals surface area contributed by atoms with Crippen LogP contribution in [0.1, 0.15) is 41.0 Å². The summed E-state index contributed by atoms with van der Waals surface area (Å²) in [6.07, 6.45) is 0.899. The van der Waals surface area contributed by atoms with Gasteiger partial charge in [0, 0.05) is 13.0 Å². The van der Waals surface area contributed by atoms with E-state index in [0.29, 0.717) is 5.92 Å². The maximum atomic E-state index is 11.6. The van der Waals surface area contributed by atoms with E-state index in [4.69, 9.17) is 0 Å². The third-order valence-corrected chi connectivity index (χ3v) is 2.39. The number of carbonyl (C=O) groups is 2. The minimum atomic E-state index is -0.463. The lowest BCUT2D eigenvalue weighted by Crippen LogP contribution is -2.48. The lowest BCUT2D eigenvalue weighted by atomic mass is 10.0. The molecule has 2 N–H and O–H groups in total. The highest BCUT2D eigenvalue weighted by Crippen LogP contribution is 2.05. The molecule has 0 aliphatic heterocycles. The molecule has 0 heterocycles. The van der Waals surface area contributed by atoms with E-state index in [-0.39, 0.29) is 17.9 Å². The highest BCUT2D eigenvalue weighted by molar-refractivity contribution is 5.86. The molecule has 2 amide bonds. The second kappa shape index (κ2) is 6.43. The van der Waals surface area contributed by atoms with Crippen molar-refractivity contribution in [2.24, 2.45) is 5.92 Å². The molecule has 0 radical (unpaired) electrons. The van der Waals surface area contributed by atoms with E-state index in [1.54, 1.807) is 6.92 Å². The van der Waals surface area contributed by atoms with Crippen LogP contribution in [0.4, 0.5) is 0 Å². The largest absolute Gasteiger partial charge is 0.351 e. The van der Waals surface area contributed by atoms with Crippen LogP contribution in [0, 0.1) is 5.92 Å². The van der Waals surface area contributed by atoms with Crippen LogP contribution >= 0.6 is 0 Å². The van der Waals surface area contributed by atoms with E-state index in [0.717, 1.165) is 6.42 Å². The molecule has 0 saturated heterocycles. The summed E-state index contributed by atoms with van der Waals surface area (Å²) in [5.74, 6) is 0.101. The maximum absolute atomic E-state index is 11.6. The monoisotopic (exact) mass is 214 g/mol. The zero-order valence-corrected chi connectivity index (χ0v) is 10.3.